The first-order valence-corrected chi connectivity index (χ1v) is 15.7. The van der Waals surface area contributed by atoms with Crippen LogP contribution in [0.2, 0.25) is 0 Å². The summed E-state index contributed by atoms with van der Waals surface area (Å²) in [6.07, 6.45) is -12.2. The number of alkyl halides is 7. The van der Waals surface area contributed by atoms with E-state index in [2.05, 4.69) is 5.32 Å². The van der Waals surface area contributed by atoms with E-state index in [0.29, 0.717) is 36.5 Å². The summed E-state index contributed by atoms with van der Waals surface area (Å²) in [4.78, 5) is 14.8. The largest absolute Gasteiger partial charge is 0.435 e. The number of nitrogens with one attached hydrogen (secondary N) is 1. The molecular formula is C26H25F7N2O4S2. The summed E-state index contributed by atoms with van der Waals surface area (Å²) in [6.45, 7) is -0.361. The van der Waals surface area contributed by atoms with Crippen molar-refractivity contribution in [3.8, 4) is 0 Å². The second-order valence-corrected chi connectivity index (χ2v) is 14.3. The van der Waals surface area contributed by atoms with E-state index in [1.807, 2.05) is 0 Å². The molecule has 0 radical (unpaired) electrons. The molecule has 2 aromatic carbocycles. The van der Waals surface area contributed by atoms with Gasteiger partial charge in [-0.05, 0) is 43.0 Å². The minimum Gasteiger partial charge on any atom is -0.383 e. The molecule has 0 spiro atoms. The highest BCUT2D eigenvalue weighted by atomic mass is 32.2. The number of sulfone groups is 1. The van der Waals surface area contributed by atoms with E-state index >= 15 is 0 Å². The predicted octanol–water partition coefficient (Wildman–Crippen LogP) is 4.83. The van der Waals surface area contributed by atoms with E-state index in [0.717, 1.165) is 6.07 Å². The van der Waals surface area contributed by atoms with E-state index in [1.165, 1.54) is 29.2 Å². The Hall–Kier alpha value is -2.68. The third-order valence-electron chi connectivity index (χ3n) is 8.33. The maximum Gasteiger partial charge on any atom is 0.435 e. The van der Waals surface area contributed by atoms with Crippen molar-refractivity contribution in [1.29, 1.82) is 0 Å². The van der Waals surface area contributed by atoms with Gasteiger partial charge in [-0.15, -0.1) is 0 Å². The smallest absolute Gasteiger partial charge is 0.383 e. The van der Waals surface area contributed by atoms with Gasteiger partial charge in [0.25, 0.3) is 0 Å². The SMILES string of the molecule is O=C(C1CCS(=O)CC1)N1CCC2(S(=O)(=O)c3ccccc3)c3ccc(C(F)(C(F)(F)F)C(F)(F)F)cc3NCC12. The Labute approximate surface area is 233 Å². The number of amides is 1. The molecule has 2 saturated heterocycles. The second-order valence-electron chi connectivity index (χ2n) is 10.4. The van der Waals surface area contributed by atoms with E-state index in [-0.39, 0.29) is 35.9 Å². The van der Waals surface area contributed by atoms with Crippen LogP contribution in [0, 0.1) is 5.92 Å². The van der Waals surface area contributed by atoms with Gasteiger partial charge in [0.05, 0.1) is 10.9 Å². The van der Waals surface area contributed by atoms with Crippen molar-refractivity contribution in [3.05, 3.63) is 59.7 Å². The molecule has 2 unspecified atom stereocenters. The molecule has 0 aliphatic carbocycles. The van der Waals surface area contributed by atoms with Crippen LogP contribution < -0.4 is 5.32 Å². The molecule has 2 atom stereocenters. The van der Waals surface area contributed by atoms with E-state index in [9.17, 15) is 48.2 Å². The third-order valence-corrected chi connectivity index (χ3v) is 12.3. The van der Waals surface area contributed by atoms with Gasteiger partial charge < -0.3 is 10.2 Å². The molecule has 2 aromatic rings. The van der Waals surface area contributed by atoms with Crippen LogP contribution in [-0.4, -0.2) is 66.4 Å². The van der Waals surface area contributed by atoms with Crippen molar-refractivity contribution < 1.29 is 48.2 Å². The highest BCUT2D eigenvalue weighted by Gasteiger charge is 2.74. The van der Waals surface area contributed by atoms with Gasteiger partial charge in [-0.25, -0.2) is 12.8 Å². The molecule has 0 saturated carbocycles. The number of benzene rings is 2. The van der Waals surface area contributed by atoms with Crippen LogP contribution in [0.3, 0.4) is 0 Å². The maximum absolute atomic E-state index is 14.9. The number of anilines is 1. The lowest BCUT2D eigenvalue weighted by molar-refractivity contribution is -0.348. The van der Waals surface area contributed by atoms with Crippen molar-refractivity contribution in [3.63, 3.8) is 0 Å². The lowest BCUT2D eigenvalue weighted by Crippen LogP contribution is -2.56. The van der Waals surface area contributed by atoms with E-state index in [1.54, 1.807) is 6.07 Å². The number of hydrogen-bond donors (Lipinski definition) is 1. The van der Waals surface area contributed by atoms with Gasteiger partial charge in [0.1, 0.15) is 4.75 Å². The quantitative estimate of drug-likeness (QED) is 0.492. The number of likely N-dealkylation sites (tertiary alicyclic amines) is 1. The number of rotatable bonds is 4. The minimum absolute atomic E-state index is 0.0455. The Morgan fingerprint density at radius 1 is 0.951 bits per heavy atom. The van der Waals surface area contributed by atoms with E-state index in [4.69, 9.17) is 0 Å². The third kappa shape index (κ3) is 4.45. The fraction of sp³-hybridized carbons (Fsp3) is 0.500. The van der Waals surface area contributed by atoms with Crippen molar-refractivity contribution in [2.24, 2.45) is 5.92 Å². The fourth-order valence-electron chi connectivity index (χ4n) is 6.23. The normalized spacial score (nSPS) is 27.1. The number of nitrogens with zero attached hydrogens (tertiary/aromatic N) is 1. The van der Waals surface area contributed by atoms with Gasteiger partial charge >= 0.3 is 18.0 Å². The van der Waals surface area contributed by atoms with Crippen LogP contribution >= 0.6 is 0 Å². The first-order valence-electron chi connectivity index (χ1n) is 12.7. The molecule has 2 fully saturated rings. The molecular weight excluding hydrogens is 601 g/mol. The number of carbonyl (C=O) groups is 1. The lowest BCUT2D eigenvalue weighted by atomic mass is 9.83. The molecule has 3 aliphatic rings. The zero-order chi connectivity index (χ0) is 30.0. The summed E-state index contributed by atoms with van der Waals surface area (Å²) >= 11 is 0. The highest BCUT2D eigenvalue weighted by molar-refractivity contribution is 7.92. The summed E-state index contributed by atoms with van der Waals surface area (Å²) in [5, 5.41) is 2.68. The highest BCUT2D eigenvalue weighted by Crippen LogP contribution is 2.57. The average molecular weight is 627 g/mol. The molecule has 1 amide bonds. The summed E-state index contributed by atoms with van der Waals surface area (Å²) in [5.41, 5.74) is -7.97. The summed E-state index contributed by atoms with van der Waals surface area (Å²) in [6, 6.07) is 7.53. The molecule has 5 rings (SSSR count). The Balaban J connectivity index is 1.65. The number of fused-ring (bicyclic) bond motifs is 3. The molecule has 6 nitrogen and oxygen atoms in total. The summed E-state index contributed by atoms with van der Waals surface area (Å²) in [5.74, 6) is -0.223. The monoisotopic (exact) mass is 626 g/mol. The molecule has 15 heteroatoms. The molecule has 41 heavy (non-hydrogen) atoms. The van der Waals surface area contributed by atoms with Crippen molar-refractivity contribution in [1.82, 2.24) is 4.90 Å². The summed E-state index contributed by atoms with van der Waals surface area (Å²) < 4.78 is 134. The van der Waals surface area contributed by atoms with Crippen molar-refractivity contribution >= 4 is 32.2 Å². The molecule has 0 aromatic heterocycles. The Bertz CT molecular complexity index is 1460. The van der Waals surface area contributed by atoms with Gasteiger partial charge in [-0.2, -0.15) is 26.3 Å². The van der Waals surface area contributed by atoms with Crippen LogP contribution in [0.5, 0.6) is 0 Å². The van der Waals surface area contributed by atoms with Crippen molar-refractivity contribution in [2.75, 3.05) is 29.9 Å². The molecule has 3 heterocycles. The molecule has 3 aliphatic heterocycles. The van der Waals surface area contributed by atoms with E-state index < -0.39 is 66.6 Å². The lowest BCUT2D eigenvalue weighted by Gasteiger charge is -2.44. The molecule has 0 bridgehead atoms. The maximum atomic E-state index is 14.9. The number of carbonyl (C=O) groups excluding carboxylic acids is 1. The predicted molar refractivity (Wildman–Crippen MR) is 136 cm³/mol. The van der Waals surface area contributed by atoms with Crippen LogP contribution in [0.25, 0.3) is 0 Å². The topological polar surface area (TPSA) is 83.6 Å². The number of hydrogen-bond acceptors (Lipinski definition) is 5. The van der Waals surface area contributed by atoms with Crippen LogP contribution in [0.1, 0.15) is 30.4 Å². The van der Waals surface area contributed by atoms with Gasteiger partial charge in [0.2, 0.25) is 5.91 Å². The van der Waals surface area contributed by atoms with Crippen molar-refractivity contribution in [2.45, 2.75) is 53.0 Å². The average Bonchev–Trinajstić information content (AvgIpc) is 3.33. The first-order chi connectivity index (χ1) is 19.1. The van der Waals surface area contributed by atoms with Crippen LogP contribution in [0.15, 0.2) is 53.4 Å². The van der Waals surface area contributed by atoms with Crippen LogP contribution in [0.4, 0.5) is 36.4 Å². The second kappa shape index (κ2) is 9.96. The van der Waals surface area contributed by atoms with Gasteiger partial charge in [0, 0.05) is 52.6 Å². The Kier molecular flexibility index (Phi) is 7.24. The Morgan fingerprint density at radius 2 is 1.56 bits per heavy atom. The summed E-state index contributed by atoms with van der Waals surface area (Å²) in [7, 11) is -5.46. The first kappa shape index (κ1) is 29.8. The Morgan fingerprint density at radius 3 is 2.15 bits per heavy atom. The molecule has 1 N–H and O–H groups in total. The zero-order valence-corrected chi connectivity index (χ0v) is 22.9. The fourth-order valence-corrected chi connectivity index (χ4v) is 9.86. The van der Waals surface area contributed by atoms with Gasteiger partial charge in [0.15, 0.2) is 9.84 Å². The zero-order valence-electron chi connectivity index (χ0n) is 21.3. The van der Waals surface area contributed by atoms with Gasteiger partial charge in [-0.1, -0.05) is 30.3 Å². The number of halogens is 7. The standard InChI is InChI=1S/C26H25F7N2O4S2/c27-24(25(28,29)30,26(31,32)33)17-6-7-19-20(14-17)34-15-21-23(19,41(38,39)18-4-2-1-3-5-18)10-11-35(21)22(36)16-8-12-40(37)13-9-16/h1-7,14,16,21,34H,8-13,15H2. The van der Waals surface area contributed by atoms with Gasteiger partial charge in [-0.3, -0.25) is 9.00 Å². The minimum atomic E-state index is -6.34. The molecule has 224 valence electrons. The van der Waals surface area contributed by atoms with Crippen LogP contribution in [-0.2, 0) is 35.8 Å².